The molecule has 0 atom stereocenters. The maximum Gasteiger partial charge on any atom is 0.208 e. The van der Waals surface area contributed by atoms with Crippen molar-refractivity contribution in [3.63, 3.8) is 0 Å². The van der Waals surface area contributed by atoms with E-state index in [2.05, 4.69) is 77.5 Å². The van der Waals surface area contributed by atoms with Crippen LogP contribution in [0.5, 0.6) is 0 Å². The first kappa shape index (κ1) is 22.6. The molecule has 4 rings (SSSR count). The summed E-state index contributed by atoms with van der Waals surface area (Å²) in [6, 6.07) is 19.1. The number of oxazole rings is 1. The second-order valence-corrected chi connectivity index (χ2v) is 8.64. The highest BCUT2D eigenvalue weighted by molar-refractivity contribution is 5.61. The molecule has 0 radical (unpaired) electrons. The number of nitrogens with one attached hydrogen (secondary N) is 1. The Hall–Kier alpha value is -2.63. The predicted octanol–water partition coefficient (Wildman–Crippen LogP) is 4.90. The maximum absolute atomic E-state index is 6.08. The lowest BCUT2D eigenvalue weighted by Crippen LogP contribution is -2.47. The van der Waals surface area contributed by atoms with E-state index in [0.717, 1.165) is 81.4 Å². The van der Waals surface area contributed by atoms with Crippen LogP contribution < -0.4 is 10.2 Å². The number of anilines is 1. The molecule has 0 amide bonds. The van der Waals surface area contributed by atoms with Gasteiger partial charge < -0.3 is 14.6 Å². The molecule has 0 bridgehead atoms. The molecular weight excluding hydrogens is 396 g/mol. The van der Waals surface area contributed by atoms with E-state index in [1.54, 1.807) is 0 Å². The Bertz CT molecular complexity index is 961. The summed E-state index contributed by atoms with van der Waals surface area (Å²) in [6.07, 6.45) is 3.11. The lowest BCUT2D eigenvalue weighted by atomic mass is 10.1. The van der Waals surface area contributed by atoms with E-state index in [-0.39, 0.29) is 0 Å². The van der Waals surface area contributed by atoms with Gasteiger partial charge in [0.25, 0.3) is 0 Å². The zero-order chi connectivity index (χ0) is 22.2. The zero-order valence-electron chi connectivity index (χ0n) is 19.5. The quantitative estimate of drug-likeness (QED) is 0.462. The molecule has 0 spiro atoms. The molecule has 5 nitrogen and oxygen atoms in total. The first-order valence-corrected chi connectivity index (χ1v) is 12.0. The summed E-state index contributed by atoms with van der Waals surface area (Å²) < 4.78 is 6.08. The largest absolute Gasteiger partial charge is 0.444 e. The molecule has 1 saturated heterocycles. The lowest BCUT2D eigenvalue weighted by molar-refractivity contribution is 0.253. The number of hydrogen-bond donors (Lipinski definition) is 1. The molecule has 2 heterocycles. The molecule has 5 heteroatoms. The van der Waals surface area contributed by atoms with Gasteiger partial charge in [-0.3, -0.25) is 4.90 Å². The van der Waals surface area contributed by atoms with E-state index in [1.807, 2.05) is 6.07 Å². The summed E-state index contributed by atoms with van der Waals surface area (Å²) in [4.78, 5) is 9.88. The summed E-state index contributed by atoms with van der Waals surface area (Å²) in [5.41, 5.74) is 4.89. The van der Waals surface area contributed by atoms with Gasteiger partial charge in [-0.2, -0.15) is 0 Å². The Morgan fingerprint density at radius 1 is 0.969 bits per heavy atom. The zero-order valence-corrected chi connectivity index (χ0v) is 19.5. The average molecular weight is 433 g/mol. The van der Waals surface area contributed by atoms with Gasteiger partial charge in [0.2, 0.25) is 5.89 Å². The Labute approximate surface area is 192 Å². The Kier molecular flexibility index (Phi) is 7.97. The van der Waals surface area contributed by atoms with E-state index >= 15 is 0 Å². The van der Waals surface area contributed by atoms with Gasteiger partial charge in [0, 0.05) is 43.9 Å². The molecular formula is C27H36N4O. The van der Waals surface area contributed by atoms with E-state index in [9.17, 15) is 0 Å². The van der Waals surface area contributed by atoms with Gasteiger partial charge in [-0.25, -0.2) is 4.98 Å². The summed E-state index contributed by atoms with van der Waals surface area (Å²) in [6.45, 7) is 11.7. The van der Waals surface area contributed by atoms with Crippen molar-refractivity contribution >= 4 is 5.69 Å². The van der Waals surface area contributed by atoms with Gasteiger partial charge in [0.05, 0.1) is 6.54 Å². The van der Waals surface area contributed by atoms with Crippen LogP contribution in [0, 0.1) is 6.92 Å². The SMILES string of the molecule is CCCc1oc(CNCCCN2CCN(c3ccccc3C)CC2)nc1-c1ccccc1. The monoisotopic (exact) mass is 432 g/mol. The van der Waals surface area contributed by atoms with Crippen LogP contribution in [0.25, 0.3) is 11.3 Å². The second-order valence-electron chi connectivity index (χ2n) is 8.64. The lowest BCUT2D eigenvalue weighted by Gasteiger charge is -2.36. The first-order chi connectivity index (χ1) is 15.7. The fourth-order valence-electron chi connectivity index (χ4n) is 4.45. The molecule has 32 heavy (non-hydrogen) atoms. The fraction of sp³-hybridized carbons (Fsp3) is 0.444. The standard InChI is InChI=1S/C27H36N4O/c1-3-10-25-27(23-12-5-4-6-13-23)29-26(32-25)21-28-15-9-16-30-17-19-31(20-18-30)24-14-8-7-11-22(24)2/h4-8,11-14,28H,3,9-10,15-21H2,1-2H3. The molecule has 1 aliphatic heterocycles. The number of rotatable bonds is 10. The van der Waals surface area contributed by atoms with Crippen LogP contribution in [0.3, 0.4) is 0 Å². The third-order valence-corrected chi connectivity index (χ3v) is 6.20. The summed E-state index contributed by atoms with van der Waals surface area (Å²) in [5.74, 6) is 1.79. The van der Waals surface area contributed by atoms with Crippen molar-refractivity contribution < 1.29 is 4.42 Å². The van der Waals surface area contributed by atoms with Crippen molar-refractivity contribution in [2.24, 2.45) is 0 Å². The van der Waals surface area contributed by atoms with E-state index in [1.165, 1.54) is 11.3 Å². The molecule has 1 aliphatic rings. The van der Waals surface area contributed by atoms with Crippen LogP contribution in [-0.2, 0) is 13.0 Å². The van der Waals surface area contributed by atoms with Gasteiger partial charge in [-0.1, -0.05) is 55.5 Å². The molecule has 2 aromatic carbocycles. The highest BCUT2D eigenvalue weighted by Gasteiger charge is 2.18. The van der Waals surface area contributed by atoms with E-state index < -0.39 is 0 Å². The second kappa shape index (κ2) is 11.3. The van der Waals surface area contributed by atoms with Crippen molar-refractivity contribution in [3.05, 3.63) is 71.8 Å². The number of piperazine rings is 1. The van der Waals surface area contributed by atoms with Crippen LogP contribution in [-0.4, -0.2) is 49.2 Å². The smallest absolute Gasteiger partial charge is 0.208 e. The molecule has 1 aromatic heterocycles. The number of nitrogens with zero attached hydrogens (tertiary/aromatic N) is 3. The van der Waals surface area contributed by atoms with Crippen molar-refractivity contribution in [1.82, 2.24) is 15.2 Å². The highest BCUT2D eigenvalue weighted by Crippen LogP contribution is 2.25. The van der Waals surface area contributed by atoms with Crippen molar-refractivity contribution in [1.29, 1.82) is 0 Å². The van der Waals surface area contributed by atoms with Crippen LogP contribution in [0.2, 0.25) is 0 Å². The van der Waals surface area contributed by atoms with Crippen LogP contribution >= 0.6 is 0 Å². The van der Waals surface area contributed by atoms with Crippen LogP contribution in [0.15, 0.2) is 59.0 Å². The minimum absolute atomic E-state index is 0.685. The van der Waals surface area contributed by atoms with Crippen LogP contribution in [0.4, 0.5) is 5.69 Å². The molecule has 1 N–H and O–H groups in total. The van der Waals surface area contributed by atoms with Gasteiger partial charge in [-0.05, 0) is 44.5 Å². The number of para-hydroxylation sites is 1. The van der Waals surface area contributed by atoms with Gasteiger partial charge in [0.1, 0.15) is 11.5 Å². The van der Waals surface area contributed by atoms with E-state index in [4.69, 9.17) is 9.40 Å². The summed E-state index contributed by atoms with van der Waals surface area (Å²) in [5, 5.41) is 3.52. The molecule has 170 valence electrons. The molecule has 0 unspecified atom stereocenters. The number of aryl methyl sites for hydroxylation is 2. The van der Waals surface area contributed by atoms with Crippen molar-refractivity contribution in [3.8, 4) is 11.3 Å². The summed E-state index contributed by atoms with van der Waals surface area (Å²) >= 11 is 0. The number of aromatic nitrogens is 1. The van der Waals surface area contributed by atoms with Gasteiger partial charge >= 0.3 is 0 Å². The Balaban J connectivity index is 1.19. The van der Waals surface area contributed by atoms with Gasteiger partial charge in [-0.15, -0.1) is 0 Å². The maximum atomic E-state index is 6.08. The van der Waals surface area contributed by atoms with Crippen LogP contribution in [0.1, 0.15) is 37.0 Å². The minimum Gasteiger partial charge on any atom is -0.444 e. The molecule has 0 saturated carbocycles. The molecule has 3 aromatic rings. The Morgan fingerprint density at radius 2 is 1.72 bits per heavy atom. The van der Waals surface area contributed by atoms with E-state index in [0.29, 0.717) is 6.54 Å². The number of hydrogen-bond acceptors (Lipinski definition) is 5. The Morgan fingerprint density at radius 3 is 2.47 bits per heavy atom. The van der Waals surface area contributed by atoms with Crippen molar-refractivity contribution in [2.45, 2.75) is 39.7 Å². The third kappa shape index (κ3) is 5.78. The first-order valence-electron chi connectivity index (χ1n) is 12.0. The molecule has 1 fully saturated rings. The number of benzene rings is 2. The topological polar surface area (TPSA) is 44.5 Å². The normalized spacial score (nSPS) is 14.8. The predicted molar refractivity (Wildman–Crippen MR) is 132 cm³/mol. The summed E-state index contributed by atoms with van der Waals surface area (Å²) in [7, 11) is 0. The highest BCUT2D eigenvalue weighted by atomic mass is 16.4. The van der Waals surface area contributed by atoms with Gasteiger partial charge in [0.15, 0.2) is 0 Å². The van der Waals surface area contributed by atoms with Crippen molar-refractivity contribution in [2.75, 3.05) is 44.2 Å². The average Bonchev–Trinajstić information content (AvgIpc) is 3.23. The fourth-order valence-corrected chi connectivity index (χ4v) is 4.45. The minimum atomic E-state index is 0.685. The third-order valence-electron chi connectivity index (χ3n) is 6.20. The molecule has 0 aliphatic carbocycles.